The van der Waals surface area contributed by atoms with Crippen molar-refractivity contribution in [2.75, 3.05) is 25.6 Å². The fourth-order valence-corrected chi connectivity index (χ4v) is 4.35. The molecular formula is C5H13NS3. The van der Waals surface area contributed by atoms with E-state index in [4.69, 9.17) is 0 Å². The Morgan fingerprint density at radius 2 is 1.56 bits per heavy atom. The van der Waals surface area contributed by atoms with Crippen molar-refractivity contribution in [2.45, 2.75) is 6.42 Å². The van der Waals surface area contributed by atoms with Gasteiger partial charge in [-0.15, -0.1) is 0 Å². The molecule has 1 heterocycles. The van der Waals surface area contributed by atoms with Gasteiger partial charge in [0.25, 0.3) is 0 Å². The summed E-state index contributed by atoms with van der Waals surface area (Å²) in [6.07, 6.45) is 1.41. The van der Waals surface area contributed by atoms with E-state index in [0.29, 0.717) is 0 Å². The van der Waals surface area contributed by atoms with Crippen LogP contribution in [0.15, 0.2) is 0 Å². The van der Waals surface area contributed by atoms with Gasteiger partial charge in [-0.3, -0.25) is 0 Å². The van der Waals surface area contributed by atoms with Gasteiger partial charge in [-0.2, -0.15) is 0 Å². The molecule has 0 bridgehead atoms. The predicted molar refractivity (Wildman–Crippen MR) is 52.1 cm³/mol. The fourth-order valence-electron chi connectivity index (χ4n) is 0.279. The smallest absolute Gasteiger partial charge is 0.00533 e. The second kappa shape index (κ2) is 9.01. The lowest BCUT2D eigenvalue weighted by Gasteiger charge is -2.04. The van der Waals surface area contributed by atoms with Crippen LogP contribution in [0, 0.1) is 0 Å². The first-order chi connectivity index (χ1) is 4.41. The van der Waals surface area contributed by atoms with Crippen LogP contribution in [-0.2, 0) is 0 Å². The Morgan fingerprint density at radius 3 is 1.67 bits per heavy atom. The maximum absolute atomic E-state index is 2.75. The van der Waals surface area contributed by atoms with Crippen LogP contribution in [0.2, 0.25) is 0 Å². The molecule has 1 saturated heterocycles. The Labute approximate surface area is 68.9 Å². The molecule has 1 N–H and O–H groups in total. The van der Waals surface area contributed by atoms with Crippen LogP contribution in [0.25, 0.3) is 0 Å². The van der Waals surface area contributed by atoms with Crippen molar-refractivity contribution in [2.24, 2.45) is 0 Å². The van der Waals surface area contributed by atoms with E-state index in [2.05, 4.69) is 5.32 Å². The Hall–Kier alpha value is 1.01. The zero-order valence-corrected chi connectivity index (χ0v) is 8.30. The van der Waals surface area contributed by atoms with Crippen LogP contribution in [0.5, 0.6) is 0 Å². The number of rotatable bonds is 0. The highest BCUT2D eigenvalue weighted by atomic mass is 33.5. The molecule has 0 aliphatic carbocycles. The molecule has 0 unspecified atom stereocenters. The van der Waals surface area contributed by atoms with E-state index in [9.17, 15) is 0 Å². The van der Waals surface area contributed by atoms with Crippen molar-refractivity contribution in [3.8, 4) is 0 Å². The molecule has 0 aromatic heterocycles. The van der Waals surface area contributed by atoms with Crippen molar-refractivity contribution in [3.05, 3.63) is 0 Å². The molecule has 0 atom stereocenters. The van der Waals surface area contributed by atoms with Gasteiger partial charge in [0.05, 0.1) is 0 Å². The van der Waals surface area contributed by atoms with Gasteiger partial charge in [0, 0.05) is 11.5 Å². The highest BCUT2D eigenvalue weighted by Gasteiger charge is 1.97. The molecule has 0 aromatic rings. The van der Waals surface area contributed by atoms with Crippen LogP contribution in [0.4, 0.5) is 0 Å². The average Bonchev–Trinajstić information content (AvgIpc) is 1.93. The SMILES string of the molecule is C1CSSSC1.CNC. The first-order valence-electron chi connectivity index (χ1n) is 2.91. The van der Waals surface area contributed by atoms with Crippen molar-refractivity contribution in [1.82, 2.24) is 5.32 Å². The average molecular weight is 183 g/mol. The molecule has 1 fully saturated rings. The zero-order chi connectivity index (χ0) is 6.95. The molecule has 1 aliphatic heterocycles. The second-order valence-corrected chi connectivity index (χ2v) is 6.04. The van der Waals surface area contributed by atoms with Gasteiger partial charge in [-0.25, -0.2) is 0 Å². The summed E-state index contributed by atoms with van der Waals surface area (Å²) >= 11 is 0. The van der Waals surface area contributed by atoms with Crippen LogP contribution in [0.1, 0.15) is 6.42 Å². The Morgan fingerprint density at radius 1 is 1.11 bits per heavy atom. The minimum atomic E-state index is 1.36. The van der Waals surface area contributed by atoms with E-state index in [0.717, 1.165) is 0 Å². The minimum absolute atomic E-state index is 1.36. The lowest BCUT2D eigenvalue weighted by atomic mass is 10.6. The highest BCUT2D eigenvalue weighted by Crippen LogP contribution is 2.39. The second-order valence-electron chi connectivity index (χ2n) is 1.57. The normalized spacial score (nSPS) is 18.0. The fraction of sp³-hybridized carbons (Fsp3) is 1.00. The molecule has 0 saturated carbocycles. The molecule has 56 valence electrons. The van der Waals surface area contributed by atoms with Crippen molar-refractivity contribution in [1.29, 1.82) is 0 Å². The van der Waals surface area contributed by atoms with E-state index in [1.165, 1.54) is 17.9 Å². The number of hydrogen-bond acceptors (Lipinski definition) is 4. The lowest BCUT2D eigenvalue weighted by Crippen LogP contribution is -1.89. The van der Waals surface area contributed by atoms with Gasteiger partial charge in [0.15, 0.2) is 0 Å². The molecular weight excluding hydrogens is 170 g/mol. The van der Waals surface area contributed by atoms with Crippen molar-refractivity contribution >= 4 is 31.4 Å². The first-order valence-corrected chi connectivity index (χ1v) is 6.73. The van der Waals surface area contributed by atoms with E-state index < -0.39 is 0 Å². The zero-order valence-electron chi connectivity index (χ0n) is 5.85. The summed E-state index contributed by atoms with van der Waals surface area (Å²) in [4.78, 5) is 0. The third-order valence-electron chi connectivity index (χ3n) is 0.552. The van der Waals surface area contributed by atoms with Crippen LogP contribution in [-0.4, -0.2) is 25.6 Å². The van der Waals surface area contributed by atoms with Gasteiger partial charge in [-0.1, -0.05) is 21.6 Å². The molecule has 1 rings (SSSR count). The summed E-state index contributed by atoms with van der Waals surface area (Å²) < 4.78 is 0. The van der Waals surface area contributed by atoms with Gasteiger partial charge < -0.3 is 5.32 Å². The van der Waals surface area contributed by atoms with E-state index in [-0.39, 0.29) is 0 Å². The van der Waals surface area contributed by atoms with Gasteiger partial charge in [0.1, 0.15) is 0 Å². The van der Waals surface area contributed by atoms with E-state index in [1.54, 1.807) is 0 Å². The molecule has 0 aromatic carbocycles. The number of nitrogens with one attached hydrogen (secondary N) is 1. The summed E-state index contributed by atoms with van der Waals surface area (Å²) in [7, 11) is 9.63. The Bertz CT molecular complexity index is 36.0. The molecule has 0 spiro atoms. The van der Waals surface area contributed by atoms with Crippen LogP contribution in [0.3, 0.4) is 0 Å². The molecule has 1 aliphatic rings. The van der Waals surface area contributed by atoms with Crippen molar-refractivity contribution in [3.63, 3.8) is 0 Å². The highest BCUT2D eigenvalue weighted by molar-refractivity contribution is 9.09. The van der Waals surface area contributed by atoms with Crippen LogP contribution < -0.4 is 5.32 Å². The number of hydrogen-bond donors (Lipinski definition) is 1. The van der Waals surface area contributed by atoms with Crippen molar-refractivity contribution < 1.29 is 0 Å². The monoisotopic (exact) mass is 183 g/mol. The molecule has 9 heavy (non-hydrogen) atoms. The molecule has 1 nitrogen and oxygen atoms in total. The molecule has 4 heteroatoms. The Kier molecular flexibility index (Phi) is 10.0. The Balaban J connectivity index is 0.000000187. The maximum atomic E-state index is 2.75. The third kappa shape index (κ3) is 9.01. The molecule has 0 radical (unpaired) electrons. The van der Waals surface area contributed by atoms with Gasteiger partial charge >= 0.3 is 0 Å². The van der Waals surface area contributed by atoms with E-state index in [1.807, 2.05) is 45.5 Å². The van der Waals surface area contributed by atoms with Gasteiger partial charge in [0.2, 0.25) is 0 Å². The molecule has 0 amide bonds. The predicted octanol–water partition coefficient (Wildman–Crippen LogP) is 2.26. The summed E-state index contributed by atoms with van der Waals surface area (Å²) in [6, 6.07) is 0. The summed E-state index contributed by atoms with van der Waals surface area (Å²) in [5.41, 5.74) is 0. The summed E-state index contributed by atoms with van der Waals surface area (Å²) in [5.74, 6) is 2.72. The minimum Gasteiger partial charge on any atom is -0.323 e. The standard InChI is InChI=1S/C3H6S3.C2H7N/c1-2-4-6-5-3-1;1-3-2/h1-3H2;3H,1-2H3. The van der Waals surface area contributed by atoms with E-state index >= 15 is 0 Å². The first kappa shape index (κ1) is 10.0. The van der Waals surface area contributed by atoms with Gasteiger partial charge in [-0.05, 0) is 30.3 Å². The third-order valence-corrected chi connectivity index (χ3v) is 4.96. The largest absolute Gasteiger partial charge is 0.323 e. The quantitative estimate of drug-likeness (QED) is 0.578. The topological polar surface area (TPSA) is 12.0 Å². The maximum Gasteiger partial charge on any atom is 0.00533 e. The summed E-state index contributed by atoms with van der Waals surface area (Å²) in [5, 5.41) is 2.75. The lowest BCUT2D eigenvalue weighted by molar-refractivity contribution is 1.02. The van der Waals surface area contributed by atoms with Crippen LogP contribution >= 0.6 is 31.4 Å². The summed E-state index contributed by atoms with van der Waals surface area (Å²) in [6.45, 7) is 0.